The molecule has 8 heteroatoms. The van der Waals surface area contributed by atoms with Gasteiger partial charge in [-0.15, -0.1) is 24.0 Å². The molecule has 2 aromatic carbocycles. The first-order chi connectivity index (χ1) is 15.0. The van der Waals surface area contributed by atoms with Crippen molar-refractivity contribution in [1.82, 2.24) is 15.8 Å². The first-order valence-corrected chi connectivity index (χ1v) is 10.5. The lowest BCUT2D eigenvalue weighted by Gasteiger charge is -2.16. The number of aliphatic hydroxyl groups excluding tert-OH is 1. The molecule has 0 aliphatic carbocycles. The van der Waals surface area contributed by atoms with Crippen LogP contribution in [0.25, 0.3) is 11.3 Å². The topological polar surface area (TPSA) is 91.9 Å². The number of nitrogens with zero attached hydrogens (tertiary/aromatic N) is 2. The van der Waals surface area contributed by atoms with Gasteiger partial charge in [0.2, 0.25) is 0 Å². The summed E-state index contributed by atoms with van der Waals surface area (Å²) < 4.78 is 11.1. The van der Waals surface area contributed by atoms with E-state index in [2.05, 4.69) is 20.8 Å². The van der Waals surface area contributed by atoms with E-state index in [1.807, 2.05) is 81.4 Å². The standard InChI is InChI=1S/C24H30N4O3.HI/c1-4-25-24(26-15-20-14-23(31-28-20)19-8-6-5-7-9-19)27-16-22(29)18-10-12-21(13-11-18)30-17(2)3;/h5-14,17,22,29H,4,15-16H2,1-3H3,(H2,25,26,27);1H. The van der Waals surface area contributed by atoms with E-state index >= 15 is 0 Å². The van der Waals surface area contributed by atoms with Crippen LogP contribution in [-0.2, 0) is 6.54 Å². The van der Waals surface area contributed by atoms with E-state index in [4.69, 9.17) is 9.26 Å². The van der Waals surface area contributed by atoms with Crippen molar-refractivity contribution in [2.75, 3.05) is 13.1 Å². The van der Waals surface area contributed by atoms with Gasteiger partial charge >= 0.3 is 0 Å². The van der Waals surface area contributed by atoms with Crippen molar-refractivity contribution in [2.45, 2.75) is 39.5 Å². The van der Waals surface area contributed by atoms with Gasteiger partial charge in [0.15, 0.2) is 11.7 Å². The molecule has 0 fully saturated rings. The van der Waals surface area contributed by atoms with Crippen LogP contribution in [0, 0.1) is 0 Å². The SMILES string of the molecule is CCNC(=NCc1cc(-c2ccccc2)on1)NCC(O)c1ccc(OC(C)C)cc1.I. The predicted octanol–water partition coefficient (Wildman–Crippen LogP) is 4.54. The quantitative estimate of drug-likeness (QED) is 0.206. The summed E-state index contributed by atoms with van der Waals surface area (Å²) in [4.78, 5) is 4.54. The maximum absolute atomic E-state index is 10.5. The minimum Gasteiger partial charge on any atom is -0.491 e. The van der Waals surface area contributed by atoms with Gasteiger partial charge in [-0.1, -0.05) is 47.6 Å². The largest absolute Gasteiger partial charge is 0.491 e. The van der Waals surface area contributed by atoms with Crippen LogP contribution in [0.15, 0.2) is 70.2 Å². The molecule has 7 nitrogen and oxygen atoms in total. The summed E-state index contributed by atoms with van der Waals surface area (Å²) in [6.07, 6.45) is -0.557. The van der Waals surface area contributed by atoms with E-state index in [9.17, 15) is 5.11 Å². The van der Waals surface area contributed by atoms with Gasteiger partial charge in [0.05, 0.1) is 18.8 Å². The number of hydrogen-bond donors (Lipinski definition) is 3. The molecule has 3 rings (SSSR count). The zero-order valence-electron chi connectivity index (χ0n) is 18.6. The van der Waals surface area contributed by atoms with Crippen LogP contribution < -0.4 is 15.4 Å². The summed E-state index contributed by atoms with van der Waals surface area (Å²) in [5.74, 6) is 2.10. The van der Waals surface area contributed by atoms with E-state index in [1.165, 1.54) is 0 Å². The average molecular weight is 550 g/mol. The Morgan fingerprint density at radius 1 is 1.09 bits per heavy atom. The minimum atomic E-state index is -0.673. The highest BCUT2D eigenvalue weighted by atomic mass is 127. The highest BCUT2D eigenvalue weighted by Gasteiger charge is 2.10. The van der Waals surface area contributed by atoms with E-state index in [-0.39, 0.29) is 30.1 Å². The fourth-order valence-electron chi connectivity index (χ4n) is 2.98. The third-order valence-corrected chi connectivity index (χ3v) is 4.46. The third kappa shape index (κ3) is 7.83. The Labute approximate surface area is 206 Å². The van der Waals surface area contributed by atoms with Crippen molar-refractivity contribution < 1.29 is 14.4 Å². The summed E-state index contributed by atoms with van der Waals surface area (Å²) in [6.45, 7) is 7.35. The Hall–Kier alpha value is -2.59. The lowest BCUT2D eigenvalue weighted by Crippen LogP contribution is -2.39. The lowest BCUT2D eigenvalue weighted by atomic mass is 10.1. The van der Waals surface area contributed by atoms with Gasteiger partial charge in [-0.3, -0.25) is 0 Å². The maximum Gasteiger partial charge on any atom is 0.191 e. The predicted molar refractivity (Wildman–Crippen MR) is 137 cm³/mol. The third-order valence-electron chi connectivity index (χ3n) is 4.46. The zero-order chi connectivity index (χ0) is 22.1. The van der Waals surface area contributed by atoms with Crippen LogP contribution in [0.1, 0.15) is 38.1 Å². The minimum absolute atomic E-state index is 0. The number of ether oxygens (including phenoxy) is 1. The summed E-state index contributed by atoms with van der Waals surface area (Å²) >= 11 is 0. The second-order valence-corrected chi connectivity index (χ2v) is 7.38. The van der Waals surface area contributed by atoms with Crippen LogP contribution >= 0.6 is 24.0 Å². The normalized spacial score (nSPS) is 12.2. The first-order valence-electron chi connectivity index (χ1n) is 10.5. The van der Waals surface area contributed by atoms with Crippen molar-refractivity contribution >= 4 is 29.9 Å². The lowest BCUT2D eigenvalue weighted by molar-refractivity contribution is 0.180. The maximum atomic E-state index is 10.5. The van der Waals surface area contributed by atoms with Gasteiger partial charge in [-0.25, -0.2) is 4.99 Å². The molecule has 32 heavy (non-hydrogen) atoms. The van der Waals surface area contributed by atoms with Gasteiger partial charge in [0, 0.05) is 24.7 Å². The fraction of sp³-hybridized carbons (Fsp3) is 0.333. The Kier molecular flexibility index (Phi) is 10.5. The van der Waals surface area contributed by atoms with E-state index in [1.54, 1.807) is 0 Å². The van der Waals surface area contributed by atoms with Crippen molar-refractivity contribution in [3.63, 3.8) is 0 Å². The Morgan fingerprint density at radius 3 is 2.47 bits per heavy atom. The highest BCUT2D eigenvalue weighted by molar-refractivity contribution is 14.0. The smallest absolute Gasteiger partial charge is 0.191 e. The molecule has 0 saturated carbocycles. The number of rotatable bonds is 9. The van der Waals surface area contributed by atoms with Crippen LogP contribution in [0.2, 0.25) is 0 Å². The van der Waals surface area contributed by atoms with Gasteiger partial charge in [0.25, 0.3) is 0 Å². The Bertz CT molecular complexity index is 959. The zero-order valence-corrected chi connectivity index (χ0v) is 20.9. The van der Waals surface area contributed by atoms with Crippen LogP contribution in [-0.4, -0.2) is 35.4 Å². The van der Waals surface area contributed by atoms with Gasteiger partial charge in [-0.2, -0.15) is 0 Å². The number of aliphatic hydroxyl groups is 1. The summed E-state index contributed by atoms with van der Waals surface area (Å²) in [5.41, 5.74) is 2.52. The van der Waals surface area contributed by atoms with Crippen molar-refractivity contribution in [3.8, 4) is 17.1 Å². The molecule has 0 amide bonds. The van der Waals surface area contributed by atoms with Crippen LogP contribution in [0.4, 0.5) is 0 Å². The molecular weight excluding hydrogens is 519 g/mol. The Balaban J connectivity index is 0.00000363. The van der Waals surface area contributed by atoms with E-state index < -0.39 is 6.10 Å². The second kappa shape index (κ2) is 13.1. The molecule has 3 aromatic rings. The monoisotopic (exact) mass is 550 g/mol. The van der Waals surface area contributed by atoms with Crippen molar-refractivity contribution in [3.05, 3.63) is 71.9 Å². The van der Waals surface area contributed by atoms with E-state index in [0.717, 1.165) is 22.6 Å². The summed E-state index contributed by atoms with van der Waals surface area (Å²) in [5, 5.41) is 21.0. The van der Waals surface area contributed by atoms with Crippen molar-refractivity contribution in [1.29, 1.82) is 0 Å². The fourth-order valence-corrected chi connectivity index (χ4v) is 2.98. The molecule has 1 atom stereocenters. The Morgan fingerprint density at radius 2 is 1.81 bits per heavy atom. The number of hydrogen-bond acceptors (Lipinski definition) is 5. The number of guanidine groups is 1. The molecule has 3 N–H and O–H groups in total. The van der Waals surface area contributed by atoms with E-state index in [0.29, 0.717) is 31.4 Å². The molecule has 0 radical (unpaired) electrons. The average Bonchev–Trinajstić information content (AvgIpc) is 3.25. The van der Waals surface area contributed by atoms with Crippen LogP contribution in [0.5, 0.6) is 5.75 Å². The first kappa shape index (κ1) is 25.7. The second-order valence-electron chi connectivity index (χ2n) is 7.38. The molecule has 0 spiro atoms. The number of aliphatic imine (C=N–C) groups is 1. The molecule has 0 bridgehead atoms. The molecule has 172 valence electrons. The number of benzene rings is 2. The molecule has 0 aliphatic heterocycles. The number of nitrogens with one attached hydrogen (secondary N) is 2. The molecular formula is C24H31IN4O3. The van der Waals surface area contributed by atoms with Crippen LogP contribution in [0.3, 0.4) is 0 Å². The number of aromatic nitrogens is 1. The molecule has 0 aliphatic rings. The molecule has 1 heterocycles. The summed E-state index contributed by atoms with van der Waals surface area (Å²) in [6, 6.07) is 19.2. The molecule has 1 unspecified atom stereocenters. The van der Waals surface area contributed by atoms with Gasteiger partial charge in [0.1, 0.15) is 11.4 Å². The van der Waals surface area contributed by atoms with Crippen molar-refractivity contribution in [2.24, 2.45) is 4.99 Å². The molecule has 0 saturated heterocycles. The number of halogens is 1. The van der Waals surface area contributed by atoms with Gasteiger partial charge in [-0.05, 0) is 38.5 Å². The highest BCUT2D eigenvalue weighted by Crippen LogP contribution is 2.20. The molecule has 1 aromatic heterocycles. The summed E-state index contributed by atoms with van der Waals surface area (Å²) in [7, 11) is 0. The van der Waals surface area contributed by atoms with Gasteiger partial charge < -0.3 is 25.0 Å².